The van der Waals surface area contributed by atoms with Crippen LogP contribution in [-0.2, 0) is 17.3 Å². The molecule has 1 aromatic heterocycles. The lowest BCUT2D eigenvalue weighted by molar-refractivity contribution is -0.133. The molecule has 1 atom stereocenters. The van der Waals surface area contributed by atoms with E-state index < -0.39 is 0 Å². The second-order valence-electron chi connectivity index (χ2n) is 10.7. The van der Waals surface area contributed by atoms with E-state index in [1.165, 1.54) is 29.5 Å². The van der Waals surface area contributed by atoms with Crippen molar-refractivity contribution in [1.82, 2.24) is 19.3 Å². The highest BCUT2D eigenvalue weighted by Gasteiger charge is 2.49. The number of piperidine rings is 1. The Kier molecular flexibility index (Phi) is 5.91. The Morgan fingerprint density at radius 1 is 1.24 bits per heavy atom. The molecule has 7 heteroatoms. The molecule has 1 aliphatic carbocycles. The summed E-state index contributed by atoms with van der Waals surface area (Å²) in [5, 5.41) is 11.8. The molecular weight excluding hydrogens is 416 g/mol. The Hall–Kier alpha value is -2.09. The summed E-state index contributed by atoms with van der Waals surface area (Å²) in [6, 6.07) is 6.39. The van der Waals surface area contributed by atoms with Gasteiger partial charge >= 0.3 is 0 Å². The van der Waals surface area contributed by atoms with Gasteiger partial charge in [0.05, 0.1) is 31.8 Å². The van der Waals surface area contributed by atoms with Crippen LogP contribution in [0.5, 0.6) is 5.75 Å². The summed E-state index contributed by atoms with van der Waals surface area (Å²) in [7, 11) is 7.74. The van der Waals surface area contributed by atoms with Gasteiger partial charge in [-0.05, 0) is 63.4 Å². The summed E-state index contributed by atoms with van der Waals surface area (Å²) in [4.78, 5) is 19.3. The van der Waals surface area contributed by atoms with Gasteiger partial charge in [-0.2, -0.15) is 0 Å². The minimum atomic E-state index is -0.00110. The predicted molar refractivity (Wildman–Crippen MR) is 130 cm³/mol. The van der Waals surface area contributed by atoms with Crippen molar-refractivity contribution in [3.63, 3.8) is 0 Å². The average molecular weight is 455 g/mol. The summed E-state index contributed by atoms with van der Waals surface area (Å²) in [5.41, 5.74) is 3.81. The molecule has 3 aliphatic rings. The van der Waals surface area contributed by atoms with Crippen molar-refractivity contribution in [2.24, 2.45) is 13.0 Å². The number of likely N-dealkylation sites (N-methyl/N-ethyl adjacent to an activating group) is 1. The monoisotopic (exact) mass is 454 g/mol. The fourth-order valence-electron chi connectivity index (χ4n) is 6.25. The van der Waals surface area contributed by atoms with Crippen LogP contribution in [0.1, 0.15) is 43.0 Å². The number of rotatable bonds is 6. The van der Waals surface area contributed by atoms with Gasteiger partial charge in [-0.3, -0.25) is 9.69 Å². The number of amides is 1. The Morgan fingerprint density at radius 2 is 1.97 bits per heavy atom. The number of aliphatic hydroxyl groups excluding tert-OH is 1. The number of methoxy groups -OCH3 is 1. The topological polar surface area (TPSA) is 61.2 Å². The molecule has 1 N–H and O–H groups in total. The van der Waals surface area contributed by atoms with Gasteiger partial charge < -0.3 is 24.2 Å². The first kappa shape index (κ1) is 22.7. The first-order valence-corrected chi connectivity index (χ1v) is 12.3. The molecule has 2 aromatic rings. The van der Waals surface area contributed by atoms with E-state index in [1.807, 2.05) is 23.9 Å². The summed E-state index contributed by atoms with van der Waals surface area (Å²) < 4.78 is 7.82. The van der Waals surface area contributed by atoms with E-state index in [0.29, 0.717) is 6.54 Å². The van der Waals surface area contributed by atoms with Crippen molar-refractivity contribution in [3.05, 3.63) is 29.5 Å². The minimum absolute atomic E-state index is 0.00110. The zero-order chi connectivity index (χ0) is 23.3. The molecule has 1 amide bonds. The van der Waals surface area contributed by atoms with Crippen molar-refractivity contribution in [1.29, 1.82) is 0 Å². The molecule has 1 saturated heterocycles. The average Bonchev–Trinajstić information content (AvgIpc) is 3.57. The lowest BCUT2D eigenvalue weighted by atomic mass is 9.68. The second kappa shape index (κ2) is 8.60. The number of hydrogen-bond donors (Lipinski definition) is 1. The molecule has 2 fully saturated rings. The van der Waals surface area contributed by atoms with Crippen LogP contribution in [-0.4, -0.2) is 90.8 Å². The van der Waals surface area contributed by atoms with Gasteiger partial charge in [0.25, 0.3) is 0 Å². The minimum Gasteiger partial charge on any atom is -0.497 e. The van der Waals surface area contributed by atoms with Crippen LogP contribution >= 0.6 is 0 Å². The Labute approximate surface area is 196 Å². The van der Waals surface area contributed by atoms with E-state index in [1.54, 1.807) is 7.11 Å². The first-order chi connectivity index (χ1) is 15.9. The van der Waals surface area contributed by atoms with Gasteiger partial charge in [0.1, 0.15) is 5.75 Å². The molecule has 2 aliphatic heterocycles. The fraction of sp³-hybridized carbons (Fsp3) is 0.654. The van der Waals surface area contributed by atoms with E-state index in [9.17, 15) is 9.90 Å². The number of aryl methyl sites for hydroxylation is 1. The molecule has 0 unspecified atom stereocenters. The molecule has 0 radical (unpaired) electrons. The Morgan fingerprint density at radius 3 is 2.58 bits per heavy atom. The highest BCUT2D eigenvalue weighted by molar-refractivity contribution is 5.89. The lowest BCUT2D eigenvalue weighted by Gasteiger charge is -2.50. The van der Waals surface area contributed by atoms with Crippen LogP contribution in [0.4, 0.5) is 0 Å². The highest BCUT2D eigenvalue weighted by atomic mass is 16.5. The van der Waals surface area contributed by atoms with Crippen LogP contribution in [0, 0.1) is 5.92 Å². The molecule has 180 valence electrons. The van der Waals surface area contributed by atoms with Gasteiger partial charge in [0.2, 0.25) is 5.91 Å². The molecule has 7 nitrogen and oxygen atoms in total. The number of ether oxygens (including phenoxy) is 1. The van der Waals surface area contributed by atoms with Crippen LogP contribution in [0.25, 0.3) is 10.9 Å². The zero-order valence-electron chi connectivity index (χ0n) is 20.5. The standard InChI is InChI=1S/C26H38N4O3/c1-27(2)15-23(32)29-11-9-26(10-12-29)17-30(14-18-5-6-18)22(16-31)25-24(26)20-8-7-19(33-4)13-21(20)28(25)3/h7-8,13,18,22,31H,5-6,9-12,14-17H2,1-4H3/t22-/m0/s1. The summed E-state index contributed by atoms with van der Waals surface area (Å²) in [6.45, 7) is 4.19. The number of aliphatic hydroxyl groups is 1. The Bertz CT molecular complexity index is 1030. The quantitative estimate of drug-likeness (QED) is 0.726. The van der Waals surface area contributed by atoms with Crippen molar-refractivity contribution in [3.8, 4) is 5.75 Å². The number of nitrogens with zero attached hydrogens (tertiary/aromatic N) is 4. The molecule has 1 saturated carbocycles. The summed E-state index contributed by atoms with van der Waals surface area (Å²) in [6.07, 6.45) is 4.52. The zero-order valence-corrected chi connectivity index (χ0v) is 20.5. The van der Waals surface area contributed by atoms with E-state index in [-0.39, 0.29) is 24.0 Å². The Balaban J connectivity index is 1.57. The fourth-order valence-corrected chi connectivity index (χ4v) is 6.25. The van der Waals surface area contributed by atoms with Crippen LogP contribution in [0.2, 0.25) is 0 Å². The first-order valence-electron chi connectivity index (χ1n) is 12.3. The van der Waals surface area contributed by atoms with Crippen LogP contribution < -0.4 is 4.74 Å². The van der Waals surface area contributed by atoms with Crippen molar-refractivity contribution in [2.75, 3.05) is 60.5 Å². The van der Waals surface area contributed by atoms with Gasteiger partial charge in [-0.25, -0.2) is 0 Å². The van der Waals surface area contributed by atoms with Crippen molar-refractivity contribution in [2.45, 2.75) is 37.1 Å². The van der Waals surface area contributed by atoms with Crippen LogP contribution in [0.3, 0.4) is 0 Å². The summed E-state index contributed by atoms with van der Waals surface area (Å²) in [5.74, 6) is 1.83. The third kappa shape index (κ3) is 3.94. The maximum absolute atomic E-state index is 12.8. The number of likely N-dealkylation sites (tertiary alicyclic amines) is 1. The van der Waals surface area contributed by atoms with Gasteiger partial charge in [0, 0.05) is 55.8 Å². The molecule has 0 bridgehead atoms. The maximum atomic E-state index is 12.8. The van der Waals surface area contributed by atoms with E-state index >= 15 is 0 Å². The van der Waals surface area contributed by atoms with Gasteiger partial charge in [0.15, 0.2) is 0 Å². The number of aromatic nitrogens is 1. The smallest absolute Gasteiger partial charge is 0.236 e. The number of benzene rings is 1. The van der Waals surface area contributed by atoms with Gasteiger partial charge in [-0.15, -0.1) is 0 Å². The molecular formula is C26H38N4O3. The third-order valence-corrected chi connectivity index (χ3v) is 8.13. The number of fused-ring (bicyclic) bond motifs is 4. The van der Waals surface area contributed by atoms with Crippen LogP contribution in [0.15, 0.2) is 18.2 Å². The van der Waals surface area contributed by atoms with E-state index in [4.69, 9.17) is 4.74 Å². The van der Waals surface area contributed by atoms with E-state index in [2.05, 4.69) is 34.7 Å². The molecule has 3 heterocycles. The largest absolute Gasteiger partial charge is 0.497 e. The predicted octanol–water partition coefficient (Wildman–Crippen LogP) is 2.37. The molecule has 5 rings (SSSR count). The van der Waals surface area contributed by atoms with Gasteiger partial charge in [-0.1, -0.05) is 0 Å². The SMILES string of the molecule is COc1ccc2c3c(n(C)c2c1)[C@H](CO)N(CC1CC1)CC31CCN(C(=O)CN(C)C)CC1. The highest BCUT2D eigenvalue weighted by Crippen LogP contribution is 2.50. The third-order valence-electron chi connectivity index (χ3n) is 8.13. The number of carbonyl (C=O) groups excluding carboxylic acids is 1. The van der Waals surface area contributed by atoms with Crippen molar-refractivity contribution < 1.29 is 14.6 Å². The number of hydrogen-bond acceptors (Lipinski definition) is 5. The lowest BCUT2D eigenvalue weighted by Crippen LogP contribution is -2.55. The molecule has 33 heavy (non-hydrogen) atoms. The van der Waals surface area contributed by atoms with Crippen molar-refractivity contribution >= 4 is 16.8 Å². The molecule has 1 aromatic carbocycles. The second-order valence-corrected chi connectivity index (χ2v) is 10.7. The number of carbonyl (C=O) groups is 1. The normalized spacial score (nSPS) is 22.8. The van der Waals surface area contributed by atoms with E-state index in [0.717, 1.165) is 56.2 Å². The maximum Gasteiger partial charge on any atom is 0.236 e. The summed E-state index contributed by atoms with van der Waals surface area (Å²) >= 11 is 0. The molecule has 1 spiro atoms.